The van der Waals surface area contributed by atoms with E-state index in [9.17, 15) is 9.59 Å². The zero-order chi connectivity index (χ0) is 10.6. The largest absolute Gasteiger partial charge is 0.355 e. The Morgan fingerprint density at radius 3 is 3.07 bits per heavy atom. The first-order valence-corrected chi connectivity index (χ1v) is 4.90. The summed E-state index contributed by atoms with van der Waals surface area (Å²) in [5.74, 6) is -0.0691. The molecule has 14 heavy (non-hydrogen) atoms. The monoisotopic (exact) mass is 199 g/mol. The Morgan fingerprint density at radius 2 is 2.43 bits per heavy atom. The highest BCUT2D eigenvalue weighted by Gasteiger charge is 2.24. The highest BCUT2D eigenvalue weighted by Crippen LogP contribution is 2.08. The molecular formula is C9H17N3O2. The van der Waals surface area contributed by atoms with Crippen molar-refractivity contribution in [2.45, 2.75) is 25.8 Å². The van der Waals surface area contributed by atoms with Crippen LogP contribution >= 0.6 is 0 Å². The molecule has 1 unspecified atom stereocenters. The molecule has 0 aliphatic carbocycles. The number of hydrogen-bond donors (Lipinski definition) is 2. The van der Waals surface area contributed by atoms with Gasteiger partial charge in [0, 0.05) is 26.6 Å². The van der Waals surface area contributed by atoms with Crippen molar-refractivity contribution in [1.82, 2.24) is 10.2 Å². The highest BCUT2D eigenvalue weighted by atomic mass is 16.2. The molecule has 0 aromatic rings. The topological polar surface area (TPSA) is 75.4 Å². The summed E-state index contributed by atoms with van der Waals surface area (Å²) < 4.78 is 0. The zero-order valence-electron chi connectivity index (χ0n) is 8.45. The van der Waals surface area contributed by atoms with E-state index >= 15 is 0 Å². The Kier molecular flexibility index (Phi) is 3.88. The Balaban J connectivity index is 2.29. The van der Waals surface area contributed by atoms with E-state index in [-0.39, 0.29) is 17.9 Å². The van der Waals surface area contributed by atoms with Crippen molar-refractivity contribution in [2.75, 3.05) is 19.6 Å². The molecule has 5 nitrogen and oxygen atoms in total. The smallest absolute Gasteiger partial charge is 0.239 e. The molecule has 1 fully saturated rings. The van der Waals surface area contributed by atoms with Crippen molar-refractivity contribution < 1.29 is 9.59 Å². The van der Waals surface area contributed by atoms with Gasteiger partial charge < -0.3 is 16.0 Å². The predicted molar refractivity (Wildman–Crippen MR) is 52.5 cm³/mol. The van der Waals surface area contributed by atoms with Crippen LogP contribution in [0.2, 0.25) is 0 Å². The fraction of sp³-hybridized carbons (Fsp3) is 0.778. The fourth-order valence-electron chi connectivity index (χ4n) is 1.56. The van der Waals surface area contributed by atoms with Crippen molar-refractivity contribution in [2.24, 2.45) is 5.73 Å². The molecule has 80 valence electrons. The van der Waals surface area contributed by atoms with Crippen LogP contribution in [0.5, 0.6) is 0 Å². The maximum absolute atomic E-state index is 11.5. The van der Waals surface area contributed by atoms with E-state index in [0.29, 0.717) is 13.1 Å². The summed E-state index contributed by atoms with van der Waals surface area (Å²) in [6.45, 7) is 3.29. The number of piperidine rings is 1. The third-order valence-electron chi connectivity index (χ3n) is 2.33. The van der Waals surface area contributed by atoms with E-state index in [0.717, 1.165) is 19.4 Å². The van der Waals surface area contributed by atoms with Crippen LogP contribution in [0, 0.1) is 0 Å². The second kappa shape index (κ2) is 4.95. The number of carbonyl (C=O) groups excluding carboxylic acids is 2. The van der Waals surface area contributed by atoms with Gasteiger partial charge in [0.15, 0.2) is 0 Å². The molecule has 1 saturated heterocycles. The minimum atomic E-state index is -0.346. The van der Waals surface area contributed by atoms with Gasteiger partial charge >= 0.3 is 0 Å². The normalized spacial score (nSPS) is 22.3. The van der Waals surface area contributed by atoms with Crippen LogP contribution < -0.4 is 11.1 Å². The molecule has 0 spiro atoms. The molecule has 1 aliphatic heterocycles. The summed E-state index contributed by atoms with van der Waals surface area (Å²) in [6, 6.07) is -0.346. The minimum absolute atomic E-state index is 0.00148. The van der Waals surface area contributed by atoms with Crippen molar-refractivity contribution in [1.29, 1.82) is 0 Å². The summed E-state index contributed by atoms with van der Waals surface area (Å²) in [5, 5.41) is 2.65. The lowest BCUT2D eigenvalue weighted by atomic mass is 10.1. The molecule has 2 amide bonds. The van der Waals surface area contributed by atoms with Gasteiger partial charge in [0.1, 0.15) is 0 Å². The maximum Gasteiger partial charge on any atom is 0.239 e. The maximum atomic E-state index is 11.5. The van der Waals surface area contributed by atoms with Gasteiger partial charge in [0.2, 0.25) is 11.8 Å². The molecule has 1 aliphatic rings. The average Bonchev–Trinajstić information content (AvgIpc) is 2.12. The first-order chi connectivity index (χ1) is 6.61. The second-order valence-electron chi connectivity index (χ2n) is 3.56. The number of carbonyl (C=O) groups is 2. The molecule has 3 N–H and O–H groups in total. The number of nitrogens with one attached hydrogen (secondary N) is 1. The van der Waals surface area contributed by atoms with Crippen LogP contribution in [0.1, 0.15) is 19.8 Å². The molecule has 0 radical (unpaired) electrons. The Labute approximate surface area is 83.6 Å². The van der Waals surface area contributed by atoms with Gasteiger partial charge in [-0.1, -0.05) is 0 Å². The summed E-state index contributed by atoms with van der Waals surface area (Å²) in [4.78, 5) is 23.8. The van der Waals surface area contributed by atoms with Gasteiger partial charge in [-0.25, -0.2) is 0 Å². The Morgan fingerprint density at radius 1 is 1.71 bits per heavy atom. The lowest BCUT2D eigenvalue weighted by molar-refractivity contribution is -0.135. The van der Waals surface area contributed by atoms with Crippen LogP contribution in [0.15, 0.2) is 0 Å². The lowest BCUT2D eigenvalue weighted by Gasteiger charge is -2.30. The van der Waals surface area contributed by atoms with Crippen molar-refractivity contribution >= 4 is 11.8 Å². The van der Waals surface area contributed by atoms with Gasteiger partial charge in [-0.15, -0.1) is 0 Å². The van der Waals surface area contributed by atoms with Crippen LogP contribution in [0.3, 0.4) is 0 Å². The van der Waals surface area contributed by atoms with Gasteiger partial charge in [-0.3, -0.25) is 9.59 Å². The number of likely N-dealkylation sites (tertiary alicyclic amines) is 1. The van der Waals surface area contributed by atoms with E-state index in [1.54, 1.807) is 4.90 Å². The second-order valence-corrected chi connectivity index (χ2v) is 3.56. The molecule has 1 atom stereocenters. The van der Waals surface area contributed by atoms with Crippen LogP contribution in [-0.2, 0) is 9.59 Å². The fourth-order valence-corrected chi connectivity index (χ4v) is 1.56. The summed E-state index contributed by atoms with van der Waals surface area (Å²) in [6.07, 6.45) is 1.72. The third kappa shape index (κ3) is 2.99. The zero-order valence-corrected chi connectivity index (χ0v) is 8.45. The number of hydrogen-bond acceptors (Lipinski definition) is 3. The van der Waals surface area contributed by atoms with Gasteiger partial charge in [-0.05, 0) is 12.8 Å². The first-order valence-electron chi connectivity index (χ1n) is 4.90. The minimum Gasteiger partial charge on any atom is -0.355 e. The van der Waals surface area contributed by atoms with Crippen molar-refractivity contribution in [3.8, 4) is 0 Å². The average molecular weight is 199 g/mol. The molecule has 0 aromatic carbocycles. The van der Waals surface area contributed by atoms with Crippen molar-refractivity contribution in [3.63, 3.8) is 0 Å². The molecule has 0 saturated carbocycles. The Hall–Kier alpha value is -1.10. The molecule has 0 aromatic heterocycles. The first kappa shape index (κ1) is 11.0. The van der Waals surface area contributed by atoms with Gasteiger partial charge in [-0.2, -0.15) is 0 Å². The van der Waals surface area contributed by atoms with E-state index in [1.807, 2.05) is 0 Å². The lowest BCUT2D eigenvalue weighted by Crippen LogP contribution is -2.50. The van der Waals surface area contributed by atoms with Crippen molar-refractivity contribution in [3.05, 3.63) is 0 Å². The van der Waals surface area contributed by atoms with E-state index < -0.39 is 0 Å². The number of nitrogens with zero attached hydrogens (tertiary/aromatic N) is 1. The van der Waals surface area contributed by atoms with Crippen LogP contribution in [-0.4, -0.2) is 42.4 Å². The quantitative estimate of drug-likeness (QED) is 0.616. The molecule has 5 heteroatoms. The molecule has 1 rings (SSSR count). The standard InChI is InChI=1S/C9H17N3O2/c1-7(13)11-4-6-12-5-2-3-8(10)9(12)14/h8H,2-6,10H2,1H3,(H,11,13). The predicted octanol–water partition coefficient (Wildman–Crippen LogP) is -0.928. The van der Waals surface area contributed by atoms with Gasteiger partial charge in [0.25, 0.3) is 0 Å². The Bertz CT molecular complexity index is 230. The molecule has 1 heterocycles. The molecule has 0 bridgehead atoms. The van der Waals surface area contributed by atoms with E-state index in [1.165, 1.54) is 6.92 Å². The van der Waals surface area contributed by atoms with Gasteiger partial charge in [0.05, 0.1) is 6.04 Å². The van der Waals surface area contributed by atoms with Crippen LogP contribution in [0.25, 0.3) is 0 Å². The van der Waals surface area contributed by atoms with E-state index in [4.69, 9.17) is 5.73 Å². The molecular weight excluding hydrogens is 182 g/mol. The number of nitrogens with two attached hydrogens (primary N) is 1. The number of amides is 2. The highest BCUT2D eigenvalue weighted by molar-refractivity contribution is 5.82. The van der Waals surface area contributed by atoms with E-state index in [2.05, 4.69) is 5.32 Å². The SMILES string of the molecule is CC(=O)NCCN1CCCC(N)C1=O. The summed E-state index contributed by atoms with van der Waals surface area (Å²) in [7, 11) is 0. The summed E-state index contributed by atoms with van der Waals surface area (Å²) in [5.41, 5.74) is 5.62. The third-order valence-corrected chi connectivity index (χ3v) is 2.33. The number of rotatable bonds is 3. The van der Waals surface area contributed by atoms with Crippen LogP contribution in [0.4, 0.5) is 0 Å². The summed E-state index contributed by atoms with van der Waals surface area (Å²) >= 11 is 0.